The van der Waals surface area contributed by atoms with E-state index in [-0.39, 0.29) is 0 Å². The summed E-state index contributed by atoms with van der Waals surface area (Å²) in [5, 5.41) is 14.6. The number of nitrogens with zero attached hydrogens (tertiary/aromatic N) is 6. The summed E-state index contributed by atoms with van der Waals surface area (Å²) in [6, 6.07) is 6.29. The van der Waals surface area contributed by atoms with Crippen LogP contribution in [0, 0.1) is 13.8 Å². The maximum Gasteiger partial charge on any atom is 0.145 e. The second kappa shape index (κ2) is 7.06. The number of hydrogen-bond acceptors (Lipinski definition) is 6. The van der Waals surface area contributed by atoms with Gasteiger partial charge in [0, 0.05) is 53.8 Å². The summed E-state index contributed by atoms with van der Waals surface area (Å²) in [7, 11) is 5.61. The quantitative estimate of drug-likeness (QED) is 0.416. The molecule has 4 aromatic heterocycles. The highest BCUT2D eigenvalue weighted by Gasteiger charge is 2.27. The Morgan fingerprint density at radius 2 is 1.88 bits per heavy atom. The van der Waals surface area contributed by atoms with Gasteiger partial charge < -0.3 is 15.0 Å². The van der Waals surface area contributed by atoms with Gasteiger partial charge in [0.05, 0.1) is 23.9 Å². The van der Waals surface area contributed by atoms with Gasteiger partial charge in [0.2, 0.25) is 0 Å². The molecule has 0 bridgehead atoms. The van der Waals surface area contributed by atoms with Gasteiger partial charge in [0.15, 0.2) is 0 Å². The maximum absolute atomic E-state index is 5.83. The number of benzene rings is 1. The molecule has 5 aromatic rings. The van der Waals surface area contributed by atoms with Crippen LogP contribution in [0.2, 0.25) is 0 Å². The second-order valence-electron chi connectivity index (χ2n) is 8.82. The van der Waals surface area contributed by atoms with Crippen molar-refractivity contribution in [1.29, 1.82) is 0 Å². The molecule has 1 saturated carbocycles. The number of nitrogens with one attached hydrogen (secondary N) is 2. The monoisotopic (exact) mass is 442 g/mol. The Morgan fingerprint density at radius 3 is 2.58 bits per heavy atom. The molecule has 6 rings (SSSR count). The van der Waals surface area contributed by atoms with Gasteiger partial charge in [-0.1, -0.05) is 0 Å². The molecule has 168 valence electrons. The van der Waals surface area contributed by atoms with Crippen LogP contribution in [0.3, 0.4) is 0 Å². The molecular formula is C24H26N8O. The molecular weight excluding hydrogens is 416 g/mol. The first kappa shape index (κ1) is 19.8. The highest BCUT2D eigenvalue weighted by molar-refractivity contribution is 6.13. The lowest BCUT2D eigenvalue weighted by molar-refractivity contribution is 0.417. The van der Waals surface area contributed by atoms with Crippen LogP contribution in [-0.2, 0) is 14.1 Å². The van der Waals surface area contributed by atoms with E-state index in [0.717, 1.165) is 67.5 Å². The van der Waals surface area contributed by atoms with Crippen molar-refractivity contribution in [3.8, 4) is 16.9 Å². The number of aryl methyl sites for hydroxylation is 3. The standard InChI is InChI=1S/C24H26N8O/c1-12-21(13(2)31(3)29-12)16-8-18-15(9-19(16)33-5)22-23(27-18)25-11-26-24(22)28-20-10-17(14-6-7-14)30-32(20)4/h8-11,14H,6-7H2,1-5H3,(H2,25,26,27,28). The number of rotatable bonds is 5. The Morgan fingerprint density at radius 1 is 1.06 bits per heavy atom. The van der Waals surface area contributed by atoms with Crippen molar-refractivity contribution in [3.63, 3.8) is 0 Å². The van der Waals surface area contributed by atoms with E-state index < -0.39 is 0 Å². The van der Waals surface area contributed by atoms with Crippen molar-refractivity contribution in [2.24, 2.45) is 14.1 Å². The Bertz CT molecular complexity index is 1540. The molecule has 0 radical (unpaired) electrons. The molecule has 1 aromatic carbocycles. The lowest BCUT2D eigenvalue weighted by atomic mass is 10.0. The molecule has 0 atom stereocenters. The average Bonchev–Trinajstić information content (AvgIpc) is 3.42. The number of aromatic nitrogens is 7. The van der Waals surface area contributed by atoms with Crippen LogP contribution in [0.5, 0.6) is 5.75 Å². The number of H-pyrrole nitrogens is 1. The highest BCUT2D eigenvalue weighted by Crippen LogP contribution is 2.42. The van der Waals surface area contributed by atoms with Crippen molar-refractivity contribution in [2.45, 2.75) is 32.6 Å². The first-order valence-electron chi connectivity index (χ1n) is 11.1. The number of methoxy groups -OCH3 is 1. The summed E-state index contributed by atoms with van der Waals surface area (Å²) in [6.07, 6.45) is 4.01. The van der Waals surface area contributed by atoms with Crippen LogP contribution >= 0.6 is 0 Å². The summed E-state index contributed by atoms with van der Waals surface area (Å²) >= 11 is 0. The van der Waals surface area contributed by atoms with Crippen molar-refractivity contribution in [1.82, 2.24) is 34.5 Å². The Kier molecular flexibility index (Phi) is 4.23. The number of hydrogen-bond donors (Lipinski definition) is 2. The van der Waals surface area contributed by atoms with Crippen molar-refractivity contribution >= 4 is 33.6 Å². The van der Waals surface area contributed by atoms with Crippen LogP contribution in [0.15, 0.2) is 24.5 Å². The lowest BCUT2D eigenvalue weighted by Gasteiger charge is -2.11. The zero-order chi connectivity index (χ0) is 22.9. The van der Waals surface area contributed by atoms with E-state index in [9.17, 15) is 0 Å². The third kappa shape index (κ3) is 3.06. The second-order valence-corrected chi connectivity index (χ2v) is 8.82. The summed E-state index contributed by atoms with van der Waals surface area (Å²) in [5.74, 6) is 3.03. The number of aromatic amines is 1. The highest BCUT2D eigenvalue weighted by atomic mass is 16.5. The fourth-order valence-electron chi connectivity index (χ4n) is 4.68. The zero-order valence-corrected chi connectivity index (χ0v) is 19.4. The van der Waals surface area contributed by atoms with E-state index in [4.69, 9.17) is 4.74 Å². The van der Waals surface area contributed by atoms with Gasteiger partial charge in [0.1, 0.15) is 29.4 Å². The minimum Gasteiger partial charge on any atom is -0.496 e. The first-order valence-corrected chi connectivity index (χ1v) is 11.1. The van der Waals surface area contributed by atoms with Crippen molar-refractivity contribution < 1.29 is 4.74 Å². The van der Waals surface area contributed by atoms with E-state index in [1.807, 2.05) is 30.4 Å². The van der Waals surface area contributed by atoms with E-state index in [0.29, 0.717) is 5.92 Å². The van der Waals surface area contributed by atoms with E-state index >= 15 is 0 Å². The summed E-state index contributed by atoms with van der Waals surface area (Å²) in [5.41, 5.74) is 7.02. The van der Waals surface area contributed by atoms with Gasteiger partial charge in [-0.25, -0.2) is 9.97 Å². The van der Waals surface area contributed by atoms with Crippen LogP contribution in [-0.4, -0.2) is 41.6 Å². The molecule has 9 nitrogen and oxygen atoms in total. The predicted molar refractivity (Wildman–Crippen MR) is 128 cm³/mol. The summed E-state index contributed by atoms with van der Waals surface area (Å²) in [4.78, 5) is 12.5. The Hall–Kier alpha value is -3.88. The summed E-state index contributed by atoms with van der Waals surface area (Å²) < 4.78 is 9.61. The normalized spacial score (nSPS) is 13.8. The van der Waals surface area contributed by atoms with Crippen molar-refractivity contribution in [2.75, 3.05) is 12.4 Å². The zero-order valence-electron chi connectivity index (χ0n) is 19.4. The van der Waals surface area contributed by atoms with Crippen LogP contribution in [0.4, 0.5) is 11.6 Å². The van der Waals surface area contributed by atoms with E-state index in [1.165, 1.54) is 12.8 Å². The van der Waals surface area contributed by atoms with Gasteiger partial charge >= 0.3 is 0 Å². The topological polar surface area (TPSA) is 98.5 Å². The Labute approximate surface area is 190 Å². The van der Waals surface area contributed by atoms with E-state index in [2.05, 4.69) is 55.6 Å². The molecule has 0 unspecified atom stereocenters. The van der Waals surface area contributed by atoms with Gasteiger partial charge in [-0.05, 0) is 38.8 Å². The molecule has 9 heteroatoms. The molecule has 33 heavy (non-hydrogen) atoms. The number of ether oxygens (including phenoxy) is 1. The van der Waals surface area contributed by atoms with Crippen molar-refractivity contribution in [3.05, 3.63) is 41.6 Å². The first-order chi connectivity index (χ1) is 15.9. The summed E-state index contributed by atoms with van der Waals surface area (Å²) in [6.45, 7) is 4.09. The minimum absolute atomic E-state index is 0.590. The SMILES string of the molecule is COc1cc2c(cc1-c1c(C)nn(C)c1C)[nH]c1ncnc(Nc3cc(C4CC4)nn3C)c12. The van der Waals surface area contributed by atoms with Crippen LogP contribution < -0.4 is 10.1 Å². The number of anilines is 2. The maximum atomic E-state index is 5.83. The third-order valence-electron chi connectivity index (χ3n) is 6.63. The third-order valence-corrected chi connectivity index (χ3v) is 6.63. The molecule has 0 spiro atoms. The number of fused-ring (bicyclic) bond motifs is 3. The molecule has 1 aliphatic carbocycles. The van der Waals surface area contributed by atoms with Gasteiger partial charge in [-0.2, -0.15) is 10.2 Å². The van der Waals surface area contributed by atoms with Crippen LogP contribution in [0.1, 0.15) is 35.8 Å². The van der Waals surface area contributed by atoms with Crippen LogP contribution in [0.25, 0.3) is 33.1 Å². The fraction of sp³-hybridized carbons (Fsp3) is 0.333. The minimum atomic E-state index is 0.590. The lowest BCUT2D eigenvalue weighted by Crippen LogP contribution is -2.01. The van der Waals surface area contributed by atoms with E-state index in [1.54, 1.807) is 13.4 Å². The average molecular weight is 443 g/mol. The van der Waals surface area contributed by atoms with Gasteiger partial charge in [-0.3, -0.25) is 9.36 Å². The molecule has 0 aliphatic heterocycles. The molecule has 2 N–H and O–H groups in total. The fourth-order valence-corrected chi connectivity index (χ4v) is 4.68. The smallest absolute Gasteiger partial charge is 0.145 e. The largest absolute Gasteiger partial charge is 0.496 e. The molecule has 1 fully saturated rings. The van der Waals surface area contributed by atoms with Gasteiger partial charge in [-0.15, -0.1) is 0 Å². The van der Waals surface area contributed by atoms with Gasteiger partial charge in [0.25, 0.3) is 0 Å². The molecule has 0 saturated heterocycles. The molecule has 1 aliphatic rings. The predicted octanol–water partition coefficient (Wildman–Crippen LogP) is 4.49. The molecule has 0 amide bonds. The Balaban J connectivity index is 1.52. The molecule has 4 heterocycles.